The van der Waals surface area contributed by atoms with Crippen LogP contribution in [0, 0.1) is 0 Å². The summed E-state index contributed by atoms with van der Waals surface area (Å²) >= 11 is 0. The average Bonchev–Trinajstić information content (AvgIpc) is 3.62. The fourth-order valence-electron chi connectivity index (χ4n) is 5.92. The van der Waals surface area contributed by atoms with Crippen LogP contribution in [-0.2, 0) is 25.5 Å². The van der Waals surface area contributed by atoms with E-state index in [0.717, 1.165) is 11.1 Å². The topological polar surface area (TPSA) is 165 Å². The van der Waals surface area contributed by atoms with Crippen LogP contribution in [0.5, 0.6) is 11.5 Å². The lowest BCUT2D eigenvalue weighted by Crippen LogP contribution is -2.44. The van der Waals surface area contributed by atoms with Crippen LogP contribution in [0.4, 0.5) is 5.69 Å². The molecular formula is C42H43N3O9. The number of hydrogen-bond acceptors (Lipinski definition) is 9. The van der Waals surface area contributed by atoms with Gasteiger partial charge < -0.3 is 34.6 Å². The van der Waals surface area contributed by atoms with Gasteiger partial charge >= 0.3 is 11.9 Å². The molecule has 0 fully saturated rings. The lowest BCUT2D eigenvalue weighted by molar-refractivity contribution is -0.152. The predicted octanol–water partition coefficient (Wildman–Crippen LogP) is 6.95. The number of ether oxygens (including phenoxy) is 3. The van der Waals surface area contributed by atoms with E-state index in [9.17, 15) is 29.4 Å². The van der Waals surface area contributed by atoms with Crippen molar-refractivity contribution in [3.63, 3.8) is 0 Å². The first-order valence-corrected chi connectivity index (χ1v) is 17.4. The van der Waals surface area contributed by atoms with E-state index in [2.05, 4.69) is 10.3 Å². The third-order valence-electron chi connectivity index (χ3n) is 8.57. The van der Waals surface area contributed by atoms with E-state index in [1.54, 1.807) is 64.1 Å². The molecule has 2 unspecified atom stereocenters. The standard InChI is InChI=1S/C42H43N3O9/c1-27(45(21-11-14-28-12-7-5-8-13-28)40(50)38(48)34(25-37(46)47)41(51)54-42(2,3)4)33(29-17-18-35-36(23-29)53-26-52-35)24-32-22-30(19-20-43-32)39(49)44-31-15-9-6-10-16-31/h5-20,22-23,27,33,48H,21,24-26H2,1-4H3,(H,44,49)(H,46,47). The molecule has 1 aliphatic heterocycles. The lowest BCUT2D eigenvalue weighted by Gasteiger charge is -2.35. The van der Waals surface area contributed by atoms with Crippen molar-refractivity contribution < 1.29 is 43.6 Å². The number of nitrogens with zero attached hydrogens (tertiary/aromatic N) is 2. The number of anilines is 1. The number of hydrogen-bond donors (Lipinski definition) is 3. The van der Waals surface area contributed by atoms with Crippen LogP contribution in [-0.4, -0.2) is 68.8 Å². The molecule has 2 atom stereocenters. The minimum Gasteiger partial charge on any atom is -0.503 e. The van der Waals surface area contributed by atoms with E-state index < -0.39 is 53.2 Å². The van der Waals surface area contributed by atoms with Gasteiger partial charge in [0.25, 0.3) is 11.8 Å². The number of carboxylic acid groups (broad SMARTS) is 1. The number of aromatic nitrogens is 1. The number of aliphatic carboxylic acids is 1. The molecule has 12 heteroatoms. The molecule has 2 amide bonds. The quantitative estimate of drug-likeness (QED) is 0.0702. The molecule has 0 saturated carbocycles. The highest BCUT2D eigenvalue weighted by Gasteiger charge is 2.35. The number of carbonyl (C=O) groups excluding carboxylic acids is 3. The highest BCUT2D eigenvalue weighted by molar-refractivity contribution is 6.04. The number of carbonyl (C=O) groups is 4. The maximum Gasteiger partial charge on any atom is 0.339 e. The third-order valence-corrected chi connectivity index (χ3v) is 8.57. The van der Waals surface area contributed by atoms with Gasteiger partial charge in [0.1, 0.15) is 5.60 Å². The van der Waals surface area contributed by atoms with Crippen molar-refractivity contribution in [3.05, 3.63) is 137 Å². The van der Waals surface area contributed by atoms with Gasteiger partial charge in [-0.05, 0) is 81.6 Å². The monoisotopic (exact) mass is 733 g/mol. The van der Waals surface area contributed by atoms with Gasteiger partial charge in [-0.25, -0.2) is 4.79 Å². The van der Waals surface area contributed by atoms with E-state index >= 15 is 0 Å². The van der Waals surface area contributed by atoms with Gasteiger partial charge in [-0.15, -0.1) is 0 Å². The second-order valence-electron chi connectivity index (χ2n) is 13.7. The van der Waals surface area contributed by atoms with Crippen LogP contribution in [0.15, 0.2) is 115 Å². The van der Waals surface area contributed by atoms with Gasteiger partial charge in [0.05, 0.1) is 12.0 Å². The molecule has 1 aromatic heterocycles. The number of amides is 2. The largest absolute Gasteiger partial charge is 0.503 e. The van der Waals surface area contributed by atoms with Gasteiger partial charge in [-0.3, -0.25) is 19.4 Å². The molecule has 54 heavy (non-hydrogen) atoms. The van der Waals surface area contributed by atoms with Crippen LogP contribution in [0.3, 0.4) is 0 Å². The summed E-state index contributed by atoms with van der Waals surface area (Å²) in [6.07, 6.45) is 4.37. The number of para-hydroxylation sites is 1. The van der Waals surface area contributed by atoms with Gasteiger partial charge in [-0.1, -0.05) is 66.7 Å². The van der Waals surface area contributed by atoms with Gasteiger partial charge in [0.2, 0.25) is 6.79 Å². The highest BCUT2D eigenvalue weighted by Crippen LogP contribution is 2.37. The molecule has 280 valence electrons. The minimum absolute atomic E-state index is 0.0401. The zero-order valence-corrected chi connectivity index (χ0v) is 30.5. The van der Waals surface area contributed by atoms with E-state index in [1.165, 1.54) is 11.1 Å². The number of nitrogens with one attached hydrogen (secondary N) is 1. The van der Waals surface area contributed by atoms with Crippen molar-refractivity contribution in [1.29, 1.82) is 0 Å². The number of fused-ring (bicyclic) bond motifs is 1. The Bertz CT molecular complexity index is 2040. The number of carboxylic acids is 1. The van der Waals surface area contributed by atoms with E-state index in [1.807, 2.05) is 66.7 Å². The summed E-state index contributed by atoms with van der Waals surface area (Å²) in [4.78, 5) is 58.6. The zero-order chi connectivity index (χ0) is 38.8. The molecule has 0 aliphatic carbocycles. The van der Waals surface area contributed by atoms with Crippen molar-refractivity contribution >= 4 is 35.5 Å². The molecule has 2 heterocycles. The first-order valence-electron chi connectivity index (χ1n) is 17.4. The molecule has 0 radical (unpaired) electrons. The summed E-state index contributed by atoms with van der Waals surface area (Å²) in [5, 5.41) is 24.0. The van der Waals surface area contributed by atoms with Crippen molar-refractivity contribution in [2.45, 2.75) is 58.1 Å². The van der Waals surface area contributed by atoms with Crippen LogP contribution in [0.2, 0.25) is 0 Å². The minimum atomic E-state index is -1.43. The fraction of sp³-hybridized carbons (Fsp3) is 0.262. The van der Waals surface area contributed by atoms with Gasteiger partial charge in [-0.2, -0.15) is 0 Å². The molecule has 1 aliphatic rings. The Hall–Kier alpha value is -6.43. The smallest absolute Gasteiger partial charge is 0.339 e. The average molecular weight is 734 g/mol. The fourth-order valence-corrected chi connectivity index (χ4v) is 5.92. The maximum absolute atomic E-state index is 14.4. The third kappa shape index (κ3) is 10.3. The highest BCUT2D eigenvalue weighted by atomic mass is 16.7. The Morgan fingerprint density at radius 1 is 0.926 bits per heavy atom. The van der Waals surface area contributed by atoms with Crippen LogP contribution >= 0.6 is 0 Å². The summed E-state index contributed by atoms with van der Waals surface area (Å²) < 4.78 is 16.6. The van der Waals surface area contributed by atoms with Crippen LogP contribution in [0.25, 0.3) is 6.08 Å². The Morgan fingerprint density at radius 2 is 1.61 bits per heavy atom. The molecule has 4 aromatic rings. The molecule has 3 aromatic carbocycles. The molecule has 5 rings (SSSR count). The Labute approximate surface area is 313 Å². The second kappa shape index (κ2) is 17.4. The number of aliphatic hydroxyl groups excluding tert-OH is 1. The zero-order valence-electron chi connectivity index (χ0n) is 30.5. The summed E-state index contributed by atoms with van der Waals surface area (Å²) in [6, 6.07) is 26.4. The van der Waals surface area contributed by atoms with Crippen molar-refractivity contribution in [2.75, 3.05) is 18.7 Å². The molecule has 0 spiro atoms. The van der Waals surface area contributed by atoms with E-state index in [0.29, 0.717) is 28.4 Å². The first kappa shape index (κ1) is 38.8. The Morgan fingerprint density at radius 3 is 2.30 bits per heavy atom. The van der Waals surface area contributed by atoms with Crippen LogP contribution in [0.1, 0.15) is 67.2 Å². The molecule has 0 bridgehead atoms. The SMILES string of the molecule is CC(C(Cc1cc(C(=O)Nc2ccccc2)ccn1)c1ccc2c(c1)OCO2)N(CC=Cc1ccccc1)C(=O)C(O)=C(CC(=O)O)C(=O)OC(C)(C)C. The number of rotatable bonds is 14. The predicted molar refractivity (Wildman–Crippen MR) is 202 cm³/mol. The maximum atomic E-state index is 14.4. The number of benzene rings is 3. The lowest BCUT2D eigenvalue weighted by atomic mass is 9.86. The van der Waals surface area contributed by atoms with Gasteiger partial charge in [0.15, 0.2) is 17.3 Å². The molecule has 0 saturated heterocycles. The first-order chi connectivity index (χ1) is 25.8. The number of pyridine rings is 1. The van der Waals surface area contributed by atoms with Crippen LogP contribution < -0.4 is 14.8 Å². The van der Waals surface area contributed by atoms with E-state index in [4.69, 9.17) is 14.2 Å². The Kier molecular flexibility index (Phi) is 12.5. The molecule has 12 nitrogen and oxygen atoms in total. The summed E-state index contributed by atoms with van der Waals surface area (Å²) in [5.74, 6) is -4.37. The second-order valence-corrected chi connectivity index (χ2v) is 13.7. The van der Waals surface area contributed by atoms with Gasteiger partial charge in [0, 0.05) is 41.6 Å². The summed E-state index contributed by atoms with van der Waals surface area (Å²) in [7, 11) is 0. The summed E-state index contributed by atoms with van der Waals surface area (Å²) in [5.41, 5.74) is 1.43. The molecular weight excluding hydrogens is 690 g/mol. The van der Waals surface area contributed by atoms with Crippen molar-refractivity contribution in [3.8, 4) is 11.5 Å². The Balaban J connectivity index is 1.56. The number of esters is 1. The molecule has 3 N–H and O–H groups in total. The van der Waals surface area contributed by atoms with Crippen molar-refractivity contribution in [2.24, 2.45) is 0 Å². The van der Waals surface area contributed by atoms with Crippen molar-refractivity contribution in [1.82, 2.24) is 9.88 Å². The summed E-state index contributed by atoms with van der Waals surface area (Å²) in [6.45, 7) is 6.57. The number of aliphatic hydroxyl groups is 1. The normalized spacial score (nSPS) is 13.8. The van der Waals surface area contributed by atoms with E-state index in [-0.39, 0.29) is 25.7 Å².